The minimum atomic E-state index is -0.709. The minimum Gasteiger partial charge on any atom is -0.390 e. The predicted molar refractivity (Wildman–Crippen MR) is 167 cm³/mol. The van der Waals surface area contributed by atoms with Crippen LogP contribution in [-0.2, 0) is 19.9 Å². The van der Waals surface area contributed by atoms with Gasteiger partial charge in [-0.25, -0.2) is 4.98 Å². The summed E-state index contributed by atoms with van der Waals surface area (Å²) >= 11 is 0. The number of carbonyl (C=O) groups excluding carboxylic acids is 2. The van der Waals surface area contributed by atoms with Gasteiger partial charge in [0.05, 0.1) is 18.8 Å². The molecule has 3 aliphatic rings. The molecule has 2 aliphatic carbocycles. The summed E-state index contributed by atoms with van der Waals surface area (Å²) in [5.74, 6) is 1.06. The second kappa shape index (κ2) is 12.2. The summed E-state index contributed by atoms with van der Waals surface area (Å²) < 4.78 is 5.38. The van der Waals surface area contributed by atoms with Crippen LogP contribution in [0, 0.1) is 11.8 Å². The normalized spacial score (nSPS) is 27.3. The Morgan fingerprint density at radius 2 is 1.63 bits per heavy atom. The molecule has 0 spiro atoms. The molecule has 0 atom stereocenters. The highest BCUT2D eigenvalue weighted by molar-refractivity contribution is 5.92. The second-order valence-corrected chi connectivity index (χ2v) is 13.0. The van der Waals surface area contributed by atoms with Gasteiger partial charge in [0.25, 0.3) is 0 Å². The molecule has 8 nitrogen and oxygen atoms in total. The first-order valence-corrected chi connectivity index (χ1v) is 15.5. The van der Waals surface area contributed by atoms with Gasteiger partial charge in [0.15, 0.2) is 0 Å². The SMILES string of the molecule is C[C@]1(O)C[C@@](N)(c2ccc(-c3cnc(NC(=O)CC4CCC(C(=O)N5CCOCC5)CC4)cc3-c3ccccc3)cc2)C1. The topological polar surface area (TPSA) is 118 Å². The van der Waals surface area contributed by atoms with E-state index in [2.05, 4.69) is 34.6 Å². The zero-order chi connectivity index (χ0) is 30.0. The van der Waals surface area contributed by atoms with Gasteiger partial charge in [-0.2, -0.15) is 0 Å². The second-order valence-electron chi connectivity index (χ2n) is 13.0. The van der Waals surface area contributed by atoms with Crippen LogP contribution in [-0.4, -0.2) is 58.7 Å². The lowest BCUT2D eigenvalue weighted by molar-refractivity contribution is -0.141. The number of hydrogen-bond acceptors (Lipinski definition) is 6. The van der Waals surface area contributed by atoms with E-state index in [1.165, 1.54) is 0 Å². The number of carbonyl (C=O) groups is 2. The Labute approximate surface area is 253 Å². The summed E-state index contributed by atoms with van der Waals surface area (Å²) in [4.78, 5) is 32.5. The number of morpholine rings is 1. The van der Waals surface area contributed by atoms with Crippen molar-refractivity contribution < 1.29 is 19.4 Å². The van der Waals surface area contributed by atoms with E-state index in [0.29, 0.717) is 51.4 Å². The zero-order valence-electron chi connectivity index (χ0n) is 24.9. The summed E-state index contributed by atoms with van der Waals surface area (Å²) in [7, 11) is 0. The quantitative estimate of drug-likeness (QED) is 0.357. The maximum Gasteiger partial charge on any atom is 0.225 e. The van der Waals surface area contributed by atoms with Crippen molar-refractivity contribution in [2.75, 3.05) is 31.6 Å². The van der Waals surface area contributed by atoms with Crippen molar-refractivity contribution in [3.05, 3.63) is 72.4 Å². The van der Waals surface area contributed by atoms with Crippen molar-refractivity contribution in [1.29, 1.82) is 0 Å². The fourth-order valence-corrected chi connectivity index (χ4v) is 7.22. The molecule has 1 aromatic heterocycles. The van der Waals surface area contributed by atoms with Crippen molar-refractivity contribution in [2.45, 2.75) is 63.0 Å². The van der Waals surface area contributed by atoms with Crippen LogP contribution in [0.25, 0.3) is 22.3 Å². The number of benzene rings is 2. The van der Waals surface area contributed by atoms with E-state index < -0.39 is 11.1 Å². The third-order valence-electron chi connectivity index (χ3n) is 9.41. The molecule has 0 unspecified atom stereocenters. The average Bonchev–Trinajstić information content (AvgIpc) is 3.01. The molecule has 2 aromatic carbocycles. The summed E-state index contributed by atoms with van der Waals surface area (Å²) in [5, 5.41) is 13.3. The summed E-state index contributed by atoms with van der Waals surface area (Å²) in [6, 6.07) is 20.2. The van der Waals surface area contributed by atoms with Gasteiger partial charge in [-0.15, -0.1) is 0 Å². The van der Waals surface area contributed by atoms with Crippen LogP contribution in [0.4, 0.5) is 5.82 Å². The zero-order valence-corrected chi connectivity index (χ0v) is 24.9. The molecule has 1 aliphatic heterocycles. The number of nitrogens with zero attached hydrogens (tertiary/aromatic N) is 2. The molecule has 2 heterocycles. The number of anilines is 1. The standard InChI is InChI=1S/C35H42N4O4/c1-34(42)22-35(36,23-34)28-13-11-26(12-14-28)30-21-37-31(20-29(30)25-5-3-2-4-6-25)38-32(40)19-24-7-9-27(10-8-24)33(41)39-15-17-43-18-16-39/h2-6,11-14,20-21,24,27,42H,7-10,15-19,22-23,36H2,1H3,(H,37,38,40)/t24?,27?,34-,35-. The molecule has 0 radical (unpaired) electrons. The van der Waals surface area contributed by atoms with E-state index in [9.17, 15) is 14.7 Å². The maximum absolute atomic E-state index is 13.1. The van der Waals surface area contributed by atoms with Crippen LogP contribution >= 0.6 is 0 Å². The van der Waals surface area contributed by atoms with Gasteiger partial charge in [0.2, 0.25) is 11.8 Å². The number of pyridine rings is 1. The predicted octanol–water partition coefficient (Wildman–Crippen LogP) is 5.11. The molecular formula is C35H42N4O4. The molecule has 43 heavy (non-hydrogen) atoms. The molecule has 4 N–H and O–H groups in total. The first-order chi connectivity index (χ1) is 20.7. The molecule has 3 aromatic rings. The molecule has 8 heteroatoms. The largest absolute Gasteiger partial charge is 0.390 e. The Morgan fingerprint density at radius 3 is 2.28 bits per heavy atom. The van der Waals surface area contributed by atoms with Crippen LogP contribution < -0.4 is 11.1 Å². The van der Waals surface area contributed by atoms with E-state index in [4.69, 9.17) is 10.5 Å². The number of rotatable bonds is 7. The molecule has 2 amide bonds. The van der Waals surface area contributed by atoms with E-state index in [-0.39, 0.29) is 23.7 Å². The highest BCUT2D eigenvalue weighted by atomic mass is 16.5. The molecule has 6 rings (SSSR count). The lowest BCUT2D eigenvalue weighted by Crippen LogP contribution is -2.58. The maximum atomic E-state index is 13.1. The minimum absolute atomic E-state index is 0.0452. The Morgan fingerprint density at radius 1 is 0.977 bits per heavy atom. The molecule has 2 saturated carbocycles. The monoisotopic (exact) mass is 582 g/mol. The number of aliphatic hydroxyl groups is 1. The number of nitrogens with one attached hydrogen (secondary N) is 1. The fraction of sp³-hybridized carbons (Fsp3) is 0.457. The molecule has 3 fully saturated rings. The number of amides is 2. The van der Waals surface area contributed by atoms with Gasteiger partial charge in [-0.1, -0.05) is 54.6 Å². The summed E-state index contributed by atoms with van der Waals surface area (Å²) in [6.45, 7) is 4.43. The van der Waals surface area contributed by atoms with E-state index in [0.717, 1.165) is 53.5 Å². The van der Waals surface area contributed by atoms with Gasteiger partial charge in [-0.05, 0) is 79.7 Å². The average molecular weight is 583 g/mol. The smallest absolute Gasteiger partial charge is 0.225 e. The van der Waals surface area contributed by atoms with E-state index in [1.54, 1.807) is 0 Å². The summed E-state index contributed by atoms with van der Waals surface area (Å²) in [6.07, 6.45) is 6.77. The Kier molecular flexibility index (Phi) is 8.36. The van der Waals surface area contributed by atoms with Gasteiger partial charge < -0.3 is 25.8 Å². The number of hydrogen-bond donors (Lipinski definition) is 3. The fourth-order valence-electron chi connectivity index (χ4n) is 7.22. The number of ether oxygens (including phenoxy) is 1. The molecule has 0 bridgehead atoms. The van der Waals surface area contributed by atoms with Gasteiger partial charge >= 0.3 is 0 Å². The molecule has 226 valence electrons. The van der Waals surface area contributed by atoms with Crippen molar-refractivity contribution in [1.82, 2.24) is 9.88 Å². The first kappa shape index (κ1) is 29.5. The van der Waals surface area contributed by atoms with Gasteiger partial charge in [0, 0.05) is 42.7 Å². The van der Waals surface area contributed by atoms with Gasteiger partial charge in [0.1, 0.15) is 5.82 Å². The lowest BCUT2D eigenvalue weighted by Gasteiger charge is -2.49. The first-order valence-electron chi connectivity index (χ1n) is 15.5. The van der Waals surface area contributed by atoms with E-state index >= 15 is 0 Å². The van der Waals surface area contributed by atoms with Crippen molar-refractivity contribution in [3.63, 3.8) is 0 Å². The number of nitrogens with two attached hydrogens (primary N) is 1. The van der Waals surface area contributed by atoms with Crippen LogP contribution in [0.15, 0.2) is 66.9 Å². The third-order valence-corrected chi connectivity index (χ3v) is 9.41. The van der Waals surface area contributed by atoms with Crippen molar-refractivity contribution in [3.8, 4) is 22.3 Å². The molecule has 1 saturated heterocycles. The lowest BCUT2D eigenvalue weighted by atomic mass is 9.63. The van der Waals surface area contributed by atoms with Crippen LogP contribution in [0.2, 0.25) is 0 Å². The highest BCUT2D eigenvalue weighted by Crippen LogP contribution is 2.46. The van der Waals surface area contributed by atoms with Crippen molar-refractivity contribution >= 4 is 17.6 Å². The van der Waals surface area contributed by atoms with Gasteiger partial charge in [-0.3, -0.25) is 9.59 Å². The third kappa shape index (κ3) is 6.66. The van der Waals surface area contributed by atoms with E-state index in [1.807, 2.05) is 54.4 Å². The van der Waals surface area contributed by atoms with Crippen LogP contribution in [0.5, 0.6) is 0 Å². The van der Waals surface area contributed by atoms with Crippen LogP contribution in [0.1, 0.15) is 57.4 Å². The Hall–Kier alpha value is -3.59. The number of aromatic nitrogens is 1. The molecular weight excluding hydrogens is 540 g/mol. The van der Waals surface area contributed by atoms with Crippen LogP contribution in [0.3, 0.4) is 0 Å². The summed E-state index contributed by atoms with van der Waals surface area (Å²) in [5.41, 5.74) is 10.3. The highest BCUT2D eigenvalue weighted by Gasteiger charge is 2.49. The Bertz CT molecular complexity index is 1430. The van der Waals surface area contributed by atoms with Crippen molar-refractivity contribution in [2.24, 2.45) is 17.6 Å². The Balaban J connectivity index is 1.12.